The van der Waals surface area contributed by atoms with Gasteiger partial charge in [0.2, 0.25) is 0 Å². The van der Waals surface area contributed by atoms with E-state index in [1.54, 1.807) is 0 Å². The summed E-state index contributed by atoms with van der Waals surface area (Å²) >= 11 is 0. The molecule has 0 radical (unpaired) electrons. The van der Waals surface area contributed by atoms with Crippen LogP contribution in [-0.2, 0) is 20.2 Å². The third-order valence-electron chi connectivity index (χ3n) is 1.90. The Morgan fingerprint density at radius 2 is 0.900 bits per heavy atom. The molecule has 10 heteroatoms. The van der Waals surface area contributed by atoms with E-state index in [9.17, 15) is 16.8 Å². The van der Waals surface area contributed by atoms with E-state index in [0.717, 1.165) is 0 Å². The average molecular weight is 318 g/mol. The number of nitrogens with zero attached hydrogens (tertiary/aromatic N) is 2. The van der Waals surface area contributed by atoms with E-state index in [1.807, 2.05) is 0 Å². The molecule has 8 nitrogen and oxygen atoms in total. The summed E-state index contributed by atoms with van der Waals surface area (Å²) in [6.07, 6.45) is 5.18. The first-order chi connectivity index (χ1) is 9.21. The van der Waals surface area contributed by atoms with Crippen LogP contribution < -0.4 is 0 Å². The Kier molecular flexibility index (Phi) is 5.27. The standard InChI is InChI=1S/2C5H5NO3S/c2*7-10(8,9)5-1-3-6-4-2-5/h2*1-4H,(H,7,8,9). The summed E-state index contributed by atoms with van der Waals surface area (Å²) in [5.41, 5.74) is 0. The molecule has 2 N–H and O–H groups in total. The van der Waals surface area contributed by atoms with Crippen molar-refractivity contribution in [3.05, 3.63) is 49.1 Å². The van der Waals surface area contributed by atoms with Crippen LogP contribution in [0.25, 0.3) is 0 Å². The molecule has 2 heterocycles. The first-order valence-corrected chi connectivity index (χ1v) is 7.84. The molecular formula is C10H10N2O6S2. The molecule has 20 heavy (non-hydrogen) atoms. The molecule has 108 valence electrons. The highest BCUT2D eigenvalue weighted by atomic mass is 32.2. The van der Waals surface area contributed by atoms with Gasteiger partial charge in [0.05, 0.1) is 9.79 Å². The minimum absolute atomic E-state index is 0.137. The molecule has 0 spiro atoms. The Bertz CT molecular complexity index is 677. The van der Waals surface area contributed by atoms with Crippen molar-refractivity contribution in [1.82, 2.24) is 9.97 Å². The normalized spacial score (nSPS) is 11.3. The monoisotopic (exact) mass is 318 g/mol. The number of hydrogen-bond acceptors (Lipinski definition) is 6. The van der Waals surface area contributed by atoms with Crippen LogP contribution in [0.3, 0.4) is 0 Å². The summed E-state index contributed by atoms with van der Waals surface area (Å²) in [7, 11) is -8.09. The van der Waals surface area contributed by atoms with Crippen LogP contribution in [0.4, 0.5) is 0 Å². The van der Waals surface area contributed by atoms with Gasteiger partial charge in [0.1, 0.15) is 0 Å². The maximum atomic E-state index is 10.4. The lowest BCUT2D eigenvalue weighted by Gasteiger charge is -1.91. The average Bonchev–Trinajstić information content (AvgIpc) is 2.40. The van der Waals surface area contributed by atoms with Crippen LogP contribution in [-0.4, -0.2) is 35.9 Å². The zero-order chi connectivity index (χ0) is 15.2. The lowest BCUT2D eigenvalue weighted by Crippen LogP contribution is -1.96. The van der Waals surface area contributed by atoms with Gasteiger partial charge in [0, 0.05) is 24.8 Å². The van der Waals surface area contributed by atoms with Gasteiger partial charge in [0.25, 0.3) is 20.2 Å². The van der Waals surface area contributed by atoms with E-state index in [2.05, 4.69) is 9.97 Å². The van der Waals surface area contributed by atoms with E-state index in [-0.39, 0.29) is 9.79 Å². The maximum absolute atomic E-state index is 10.4. The van der Waals surface area contributed by atoms with Gasteiger partial charge in [-0.3, -0.25) is 19.1 Å². The van der Waals surface area contributed by atoms with Crippen LogP contribution in [0.5, 0.6) is 0 Å². The van der Waals surface area contributed by atoms with Gasteiger partial charge < -0.3 is 0 Å². The van der Waals surface area contributed by atoms with Crippen molar-refractivity contribution in [3.8, 4) is 0 Å². The summed E-state index contributed by atoms with van der Waals surface area (Å²) in [4.78, 5) is 6.89. The highest BCUT2D eigenvalue weighted by Crippen LogP contribution is 2.04. The van der Waals surface area contributed by atoms with Gasteiger partial charge in [0.15, 0.2) is 0 Å². The zero-order valence-corrected chi connectivity index (χ0v) is 11.5. The van der Waals surface area contributed by atoms with Crippen LogP contribution in [0, 0.1) is 0 Å². The Labute approximate surface area is 115 Å². The van der Waals surface area contributed by atoms with Crippen molar-refractivity contribution in [2.75, 3.05) is 0 Å². The topological polar surface area (TPSA) is 135 Å². The molecule has 0 aliphatic carbocycles. The van der Waals surface area contributed by atoms with Gasteiger partial charge in [-0.05, 0) is 24.3 Å². The van der Waals surface area contributed by atoms with Crippen molar-refractivity contribution < 1.29 is 25.9 Å². The number of hydrogen-bond donors (Lipinski definition) is 2. The molecule has 0 aliphatic rings. The van der Waals surface area contributed by atoms with Crippen LogP contribution >= 0.6 is 0 Å². The molecule has 0 aromatic carbocycles. The zero-order valence-electron chi connectivity index (χ0n) is 9.86. The SMILES string of the molecule is O=S(=O)(O)c1ccncc1.O=S(=O)(O)c1ccncc1. The fourth-order valence-electron chi connectivity index (χ4n) is 1.02. The third-order valence-corrected chi connectivity index (χ3v) is 3.63. The maximum Gasteiger partial charge on any atom is 0.294 e. The summed E-state index contributed by atoms with van der Waals surface area (Å²) in [5, 5.41) is 0. The van der Waals surface area contributed by atoms with E-state index in [0.29, 0.717) is 0 Å². The second-order valence-corrected chi connectivity index (χ2v) is 6.16. The van der Waals surface area contributed by atoms with E-state index in [4.69, 9.17) is 9.11 Å². The van der Waals surface area contributed by atoms with Gasteiger partial charge in [-0.15, -0.1) is 0 Å². The Hall–Kier alpha value is -1.88. The second-order valence-electron chi connectivity index (χ2n) is 3.32. The van der Waals surface area contributed by atoms with Gasteiger partial charge in [-0.1, -0.05) is 0 Å². The molecule has 2 aromatic heterocycles. The van der Waals surface area contributed by atoms with Crippen molar-refractivity contribution in [2.45, 2.75) is 9.79 Å². The fraction of sp³-hybridized carbons (Fsp3) is 0. The molecule has 0 aliphatic heterocycles. The summed E-state index contributed by atoms with van der Waals surface area (Å²) in [6, 6.07) is 4.87. The highest BCUT2D eigenvalue weighted by molar-refractivity contribution is 7.86. The summed E-state index contributed by atoms with van der Waals surface area (Å²) in [6.45, 7) is 0. The van der Waals surface area contributed by atoms with Gasteiger partial charge in [-0.25, -0.2) is 0 Å². The predicted molar refractivity (Wildman–Crippen MR) is 68.1 cm³/mol. The van der Waals surface area contributed by atoms with Crippen LogP contribution in [0.2, 0.25) is 0 Å². The van der Waals surface area contributed by atoms with Crippen molar-refractivity contribution >= 4 is 20.2 Å². The second kappa shape index (κ2) is 6.52. The number of rotatable bonds is 2. The lowest BCUT2D eigenvalue weighted by atomic mass is 10.5. The number of pyridine rings is 2. The van der Waals surface area contributed by atoms with E-state index < -0.39 is 20.2 Å². The van der Waals surface area contributed by atoms with E-state index >= 15 is 0 Å². The first kappa shape index (κ1) is 16.2. The minimum atomic E-state index is -4.04. The fourth-order valence-corrected chi connectivity index (χ4v) is 1.95. The van der Waals surface area contributed by atoms with Crippen molar-refractivity contribution in [3.63, 3.8) is 0 Å². The molecule has 0 saturated carbocycles. The van der Waals surface area contributed by atoms with Crippen LogP contribution in [0.15, 0.2) is 58.8 Å². The van der Waals surface area contributed by atoms with Gasteiger partial charge in [-0.2, -0.15) is 16.8 Å². The number of aromatic nitrogens is 2. The van der Waals surface area contributed by atoms with Gasteiger partial charge >= 0.3 is 0 Å². The smallest absolute Gasteiger partial charge is 0.282 e. The molecule has 0 fully saturated rings. The summed E-state index contributed by atoms with van der Waals surface area (Å²) < 4.78 is 58.3. The first-order valence-electron chi connectivity index (χ1n) is 4.96. The Morgan fingerprint density at radius 1 is 0.650 bits per heavy atom. The molecule has 2 aromatic rings. The molecular weight excluding hydrogens is 308 g/mol. The van der Waals surface area contributed by atoms with Crippen molar-refractivity contribution in [1.29, 1.82) is 0 Å². The Morgan fingerprint density at radius 3 is 1.05 bits per heavy atom. The highest BCUT2D eigenvalue weighted by Gasteiger charge is 2.06. The molecule has 0 saturated heterocycles. The molecule has 0 bridgehead atoms. The predicted octanol–water partition coefficient (Wildman–Crippen LogP) is 0.657. The lowest BCUT2D eigenvalue weighted by molar-refractivity contribution is 0.481. The third kappa shape index (κ3) is 5.40. The van der Waals surface area contributed by atoms with Crippen molar-refractivity contribution in [2.24, 2.45) is 0 Å². The Balaban J connectivity index is 0.000000200. The molecule has 0 atom stereocenters. The molecule has 0 amide bonds. The quantitative estimate of drug-likeness (QED) is 0.771. The molecule has 2 rings (SSSR count). The largest absolute Gasteiger partial charge is 0.294 e. The molecule has 0 unspecified atom stereocenters. The minimum Gasteiger partial charge on any atom is -0.282 e. The summed E-state index contributed by atoms with van der Waals surface area (Å²) in [5.74, 6) is 0. The van der Waals surface area contributed by atoms with Crippen LogP contribution in [0.1, 0.15) is 0 Å². The van der Waals surface area contributed by atoms with E-state index in [1.165, 1.54) is 49.1 Å².